The predicted octanol–water partition coefficient (Wildman–Crippen LogP) is 13.3. The van der Waals surface area contributed by atoms with E-state index in [2.05, 4.69) is 184 Å². The zero-order valence-electron chi connectivity index (χ0n) is 30.1. The fraction of sp³-hybridized carbons (Fsp3) is 0.0769. The zero-order valence-corrected chi connectivity index (χ0v) is 30.1. The van der Waals surface area contributed by atoms with Crippen molar-refractivity contribution in [2.24, 2.45) is 0 Å². The Bertz CT molecular complexity index is 3120. The summed E-state index contributed by atoms with van der Waals surface area (Å²) < 4.78 is 0. The van der Waals surface area contributed by atoms with E-state index in [1.807, 2.05) is 0 Å². The summed E-state index contributed by atoms with van der Waals surface area (Å²) >= 11 is 0. The van der Waals surface area contributed by atoms with Crippen molar-refractivity contribution in [3.8, 4) is 34.4 Å². The molecular weight excluding hydrogens is 653 g/mol. The van der Waals surface area contributed by atoms with Crippen LogP contribution in [0.25, 0.3) is 65.3 Å². The Morgan fingerprint density at radius 2 is 0.833 bits per heavy atom. The normalized spacial score (nSPS) is 14.8. The fourth-order valence-corrected chi connectivity index (χ4v) is 9.32. The lowest BCUT2D eigenvalue weighted by molar-refractivity contribution is 0.791. The molecule has 0 aliphatic heterocycles. The van der Waals surface area contributed by atoms with Crippen LogP contribution >= 0.6 is 0 Å². The third-order valence-electron chi connectivity index (χ3n) is 11.8. The van der Waals surface area contributed by atoms with E-state index in [1.54, 1.807) is 0 Å². The van der Waals surface area contributed by atoms with Crippen LogP contribution in [0.4, 0.5) is 0 Å². The standard InChI is InChI=1S/C52H34N2/c1-31-23-35(29-53)47(49-24-33-13-3-5-16-38(33)40-18-8-10-20-42(40)49)27-45(31)52-44-22-12-7-15-37(44)32(2)46-28-48(36(30-54)26-51(46)52)50-25-34-14-4-6-17-39(34)41-19-9-11-21-43(41)50/h3-28,32,52H,1-2H3. The van der Waals surface area contributed by atoms with Crippen molar-refractivity contribution < 1.29 is 0 Å². The molecule has 1 aliphatic rings. The molecule has 2 unspecified atom stereocenters. The van der Waals surface area contributed by atoms with Gasteiger partial charge < -0.3 is 0 Å². The summed E-state index contributed by atoms with van der Waals surface area (Å²) in [6.45, 7) is 4.42. The highest BCUT2D eigenvalue weighted by molar-refractivity contribution is 6.15. The predicted molar refractivity (Wildman–Crippen MR) is 223 cm³/mol. The van der Waals surface area contributed by atoms with E-state index in [1.165, 1.54) is 38.2 Å². The molecule has 0 spiro atoms. The van der Waals surface area contributed by atoms with Gasteiger partial charge in [-0.3, -0.25) is 0 Å². The van der Waals surface area contributed by atoms with E-state index in [9.17, 15) is 10.5 Å². The number of fused-ring (bicyclic) bond motifs is 8. The molecule has 0 heterocycles. The quantitative estimate of drug-likeness (QED) is 0.174. The number of nitriles is 2. The van der Waals surface area contributed by atoms with Crippen LogP contribution in [-0.2, 0) is 0 Å². The van der Waals surface area contributed by atoms with E-state index >= 15 is 0 Å². The highest BCUT2D eigenvalue weighted by Crippen LogP contribution is 2.50. The number of benzene rings is 9. The average Bonchev–Trinajstić information content (AvgIpc) is 3.23. The first kappa shape index (κ1) is 31.7. The maximum atomic E-state index is 10.9. The lowest BCUT2D eigenvalue weighted by atomic mass is 9.68. The van der Waals surface area contributed by atoms with Crippen molar-refractivity contribution in [2.45, 2.75) is 25.7 Å². The number of hydrogen-bond donors (Lipinski definition) is 0. The van der Waals surface area contributed by atoms with Gasteiger partial charge in [-0.2, -0.15) is 10.5 Å². The maximum Gasteiger partial charge on any atom is 0.0998 e. The molecule has 0 aromatic heterocycles. The Hall–Kier alpha value is -7.00. The van der Waals surface area contributed by atoms with Crippen LogP contribution in [-0.4, -0.2) is 0 Å². The van der Waals surface area contributed by atoms with E-state index in [0.29, 0.717) is 11.1 Å². The minimum absolute atomic E-state index is 0.119. The van der Waals surface area contributed by atoms with Crippen molar-refractivity contribution in [1.82, 2.24) is 0 Å². The monoisotopic (exact) mass is 686 g/mol. The van der Waals surface area contributed by atoms with Gasteiger partial charge in [0, 0.05) is 23.0 Å². The zero-order chi connectivity index (χ0) is 36.5. The molecule has 2 nitrogen and oxygen atoms in total. The summed E-state index contributed by atoms with van der Waals surface area (Å²) in [4.78, 5) is 0. The van der Waals surface area contributed by atoms with E-state index < -0.39 is 0 Å². The minimum Gasteiger partial charge on any atom is -0.192 e. The Balaban J connectivity index is 1.24. The van der Waals surface area contributed by atoms with Crippen LogP contribution in [0.2, 0.25) is 0 Å². The van der Waals surface area contributed by atoms with Gasteiger partial charge in [-0.15, -0.1) is 0 Å². The van der Waals surface area contributed by atoms with Crippen molar-refractivity contribution in [3.05, 3.63) is 202 Å². The Morgan fingerprint density at radius 1 is 0.389 bits per heavy atom. The Morgan fingerprint density at radius 3 is 1.39 bits per heavy atom. The number of nitrogens with zero attached hydrogens (tertiary/aromatic N) is 2. The molecular formula is C52H34N2. The van der Waals surface area contributed by atoms with Crippen molar-refractivity contribution in [1.29, 1.82) is 10.5 Å². The number of hydrogen-bond acceptors (Lipinski definition) is 2. The lowest BCUT2D eigenvalue weighted by Gasteiger charge is -2.35. The van der Waals surface area contributed by atoms with Crippen LogP contribution in [0.1, 0.15) is 63.3 Å². The summed E-state index contributed by atoms with van der Waals surface area (Å²) in [5.74, 6) is -0.00614. The highest BCUT2D eigenvalue weighted by Gasteiger charge is 2.34. The molecule has 0 amide bonds. The summed E-state index contributed by atoms with van der Waals surface area (Å²) in [6.07, 6.45) is 0. The van der Waals surface area contributed by atoms with Gasteiger partial charge in [-0.25, -0.2) is 0 Å². The van der Waals surface area contributed by atoms with E-state index in [-0.39, 0.29) is 11.8 Å². The van der Waals surface area contributed by atoms with Gasteiger partial charge in [-0.1, -0.05) is 128 Å². The molecule has 0 N–H and O–H groups in total. The molecule has 9 aromatic carbocycles. The van der Waals surface area contributed by atoms with Crippen LogP contribution in [0, 0.1) is 29.6 Å². The summed E-state index contributed by atoms with van der Waals surface area (Å²) in [7, 11) is 0. The molecule has 1 aliphatic carbocycles. The van der Waals surface area contributed by atoms with Crippen molar-refractivity contribution in [3.63, 3.8) is 0 Å². The largest absolute Gasteiger partial charge is 0.192 e. The molecule has 0 saturated heterocycles. The first-order valence-corrected chi connectivity index (χ1v) is 18.6. The highest BCUT2D eigenvalue weighted by atomic mass is 14.4. The number of rotatable bonds is 3. The van der Waals surface area contributed by atoms with Crippen LogP contribution in [0.3, 0.4) is 0 Å². The molecule has 54 heavy (non-hydrogen) atoms. The second-order valence-corrected chi connectivity index (χ2v) is 14.7. The van der Waals surface area contributed by atoms with Gasteiger partial charge in [0.15, 0.2) is 0 Å². The lowest BCUT2D eigenvalue weighted by Crippen LogP contribution is -2.19. The molecule has 0 radical (unpaired) electrons. The van der Waals surface area contributed by atoms with Gasteiger partial charge in [-0.05, 0) is 131 Å². The first-order chi connectivity index (χ1) is 26.5. The third kappa shape index (κ3) is 4.71. The van der Waals surface area contributed by atoms with Crippen molar-refractivity contribution in [2.75, 3.05) is 0 Å². The SMILES string of the molecule is Cc1cc(C#N)c(-c2cc3ccccc3c3ccccc23)cc1C1c2ccccc2C(C)c2cc(-c3cc4ccccc4c4ccccc34)c(C#N)cc21. The van der Waals surface area contributed by atoms with Gasteiger partial charge in [0.1, 0.15) is 0 Å². The topological polar surface area (TPSA) is 47.6 Å². The third-order valence-corrected chi connectivity index (χ3v) is 11.8. The van der Waals surface area contributed by atoms with Crippen LogP contribution < -0.4 is 0 Å². The van der Waals surface area contributed by atoms with Gasteiger partial charge in [0.25, 0.3) is 0 Å². The summed E-state index contributed by atoms with van der Waals surface area (Å²) in [5.41, 5.74) is 12.5. The molecule has 10 rings (SSSR count). The fourth-order valence-electron chi connectivity index (χ4n) is 9.32. The summed E-state index contributed by atoms with van der Waals surface area (Å²) in [6, 6.07) is 61.3. The van der Waals surface area contributed by atoms with Crippen LogP contribution in [0.15, 0.2) is 158 Å². The maximum absolute atomic E-state index is 10.9. The minimum atomic E-state index is -0.125. The van der Waals surface area contributed by atoms with E-state index in [0.717, 1.165) is 60.5 Å². The molecule has 2 atom stereocenters. The van der Waals surface area contributed by atoms with Crippen molar-refractivity contribution >= 4 is 43.1 Å². The smallest absolute Gasteiger partial charge is 0.0998 e. The van der Waals surface area contributed by atoms with Gasteiger partial charge >= 0.3 is 0 Å². The van der Waals surface area contributed by atoms with Crippen LogP contribution in [0.5, 0.6) is 0 Å². The second-order valence-electron chi connectivity index (χ2n) is 14.7. The molecule has 0 fully saturated rings. The molecule has 0 saturated carbocycles. The Kier molecular flexibility index (Phi) is 7.23. The Labute approximate surface area is 314 Å². The van der Waals surface area contributed by atoms with Gasteiger partial charge in [0.05, 0.1) is 23.3 Å². The molecule has 2 heteroatoms. The summed E-state index contributed by atoms with van der Waals surface area (Å²) in [5, 5.41) is 30.8. The van der Waals surface area contributed by atoms with E-state index in [4.69, 9.17) is 0 Å². The average molecular weight is 687 g/mol. The second kappa shape index (κ2) is 12.3. The molecule has 252 valence electrons. The van der Waals surface area contributed by atoms with Gasteiger partial charge in [0.2, 0.25) is 0 Å². The number of aryl methyl sites for hydroxylation is 1. The molecule has 0 bridgehead atoms. The molecule has 9 aromatic rings. The first-order valence-electron chi connectivity index (χ1n) is 18.6.